The first-order valence-electron chi connectivity index (χ1n) is 4.96. The summed E-state index contributed by atoms with van der Waals surface area (Å²) in [6.07, 6.45) is 0.587. The number of hydrogen-bond acceptors (Lipinski definition) is 2. The van der Waals surface area contributed by atoms with Crippen LogP contribution in [0.2, 0.25) is 0 Å². The Morgan fingerprint density at radius 1 is 1.12 bits per heavy atom. The van der Waals surface area contributed by atoms with Crippen molar-refractivity contribution in [2.24, 2.45) is 5.73 Å². The number of hydrogen-bond donors (Lipinski definition) is 1. The minimum absolute atomic E-state index is 0.587. The van der Waals surface area contributed by atoms with Crippen LogP contribution >= 0.6 is 0 Å². The van der Waals surface area contributed by atoms with E-state index >= 15 is 0 Å². The van der Waals surface area contributed by atoms with Crippen molar-refractivity contribution in [2.75, 3.05) is 0 Å². The fourth-order valence-corrected chi connectivity index (χ4v) is 1.82. The summed E-state index contributed by atoms with van der Waals surface area (Å²) in [5, 5.41) is 1.88. The number of primary amides is 1. The maximum Gasteiger partial charge on any atom is 0.232 e. The summed E-state index contributed by atoms with van der Waals surface area (Å²) in [5.41, 5.74) is 5.87. The molecule has 2 N–H and O–H groups in total. The molecule has 0 saturated carbocycles. The molecule has 2 rings (SSSR count). The van der Waals surface area contributed by atoms with Crippen molar-refractivity contribution in [3.8, 4) is 0 Å². The lowest BCUT2D eigenvalue weighted by molar-refractivity contribution is -0.123. The Morgan fingerprint density at radius 2 is 1.81 bits per heavy atom. The fourth-order valence-electron chi connectivity index (χ4n) is 1.82. The van der Waals surface area contributed by atoms with E-state index in [1.165, 1.54) is 0 Å². The van der Waals surface area contributed by atoms with E-state index in [1.807, 2.05) is 36.4 Å². The predicted molar refractivity (Wildman–Crippen MR) is 61.9 cm³/mol. The molecule has 0 radical (unpaired) electrons. The Balaban J connectivity index is 2.68. The first-order chi connectivity index (χ1) is 7.74. The van der Waals surface area contributed by atoms with Crippen molar-refractivity contribution in [2.45, 2.75) is 5.92 Å². The van der Waals surface area contributed by atoms with E-state index in [9.17, 15) is 9.59 Å². The summed E-state index contributed by atoms with van der Waals surface area (Å²) >= 11 is 0. The van der Waals surface area contributed by atoms with E-state index in [2.05, 4.69) is 0 Å². The molecule has 0 aliphatic carbocycles. The third-order valence-corrected chi connectivity index (χ3v) is 2.60. The van der Waals surface area contributed by atoms with Crippen LogP contribution < -0.4 is 5.73 Å². The molecule has 1 atom stereocenters. The van der Waals surface area contributed by atoms with Crippen LogP contribution in [0, 0.1) is 0 Å². The molecule has 0 spiro atoms. The Labute approximate surface area is 92.9 Å². The SMILES string of the molecule is NC(=O)C(C=O)c1cccc2ccccc12. The van der Waals surface area contributed by atoms with E-state index in [4.69, 9.17) is 5.73 Å². The zero-order valence-electron chi connectivity index (χ0n) is 8.59. The lowest BCUT2D eigenvalue weighted by Crippen LogP contribution is -2.22. The number of rotatable bonds is 3. The molecule has 0 aliphatic heterocycles. The molecule has 2 aromatic rings. The fraction of sp³-hybridized carbons (Fsp3) is 0.0769. The number of carbonyl (C=O) groups is 2. The molecule has 80 valence electrons. The van der Waals surface area contributed by atoms with Crippen LogP contribution in [-0.2, 0) is 9.59 Å². The van der Waals surface area contributed by atoms with E-state index in [0.717, 1.165) is 10.8 Å². The minimum Gasteiger partial charge on any atom is -0.369 e. The summed E-state index contributed by atoms with van der Waals surface area (Å²) in [6.45, 7) is 0. The van der Waals surface area contributed by atoms with E-state index in [-0.39, 0.29) is 0 Å². The van der Waals surface area contributed by atoms with Crippen LogP contribution in [-0.4, -0.2) is 12.2 Å². The second-order valence-electron chi connectivity index (χ2n) is 3.58. The quantitative estimate of drug-likeness (QED) is 0.622. The van der Waals surface area contributed by atoms with Crippen molar-refractivity contribution in [3.63, 3.8) is 0 Å². The van der Waals surface area contributed by atoms with Crippen LogP contribution in [0.5, 0.6) is 0 Å². The molecule has 2 aromatic carbocycles. The van der Waals surface area contributed by atoms with Crippen LogP contribution in [0.15, 0.2) is 42.5 Å². The van der Waals surface area contributed by atoms with Crippen molar-refractivity contribution >= 4 is 23.0 Å². The van der Waals surface area contributed by atoms with Gasteiger partial charge in [-0.2, -0.15) is 0 Å². The number of fused-ring (bicyclic) bond motifs is 1. The lowest BCUT2D eigenvalue weighted by Gasteiger charge is -2.09. The Bertz CT molecular complexity index is 543. The van der Waals surface area contributed by atoms with Gasteiger partial charge in [0.2, 0.25) is 5.91 Å². The zero-order chi connectivity index (χ0) is 11.5. The number of aldehydes is 1. The van der Waals surface area contributed by atoms with Gasteiger partial charge < -0.3 is 10.5 Å². The first kappa shape index (κ1) is 10.4. The molecule has 3 nitrogen and oxygen atoms in total. The number of carbonyl (C=O) groups excluding carboxylic acids is 2. The van der Waals surface area contributed by atoms with Crippen molar-refractivity contribution in [3.05, 3.63) is 48.0 Å². The maximum absolute atomic E-state index is 11.2. The molecule has 3 heteroatoms. The van der Waals surface area contributed by atoms with Gasteiger partial charge in [-0.15, -0.1) is 0 Å². The highest BCUT2D eigenvalue weighted by atomic mass is 16.2. The molecule has 0 bridgehead atoms. The molecular formula is C13H11NO2. The first-order valence-corrected chi connectivity index (χ1v) is 4.96. The number of nitrogens with two attached hydrogens (primary N) is 1. The van der Waals surface area contributed by atoms with Gasteiger partial charge in [-0.1, -0.05) is 42.5 Å². The molecule has 16 heavy (non-hydrogen) atoms. The average molecular weight is 213 g/mol. The summed E-state index contributed by atoms with van der Waals surface area (Å²) in [5.74, 6) is -1.49. The summed E-state index contributed by atoms with van der Waals surface area (Å²) in [7, 11) is 0. The van der Waals surface area contributed by atoms with Gasteiger partial charge in [0.25, 0.3) is 0 Å². The molecule has 1 amide bonds. The second-order valence-corrected chi connectivity index (χ2v) is 3.58. The number of amides is 1. The highest BCUT2D eigenvalue weighted by Gasteiger charge is 2.18. The monoisotopic (exact) mass is 213 g/mol. The van der Waals surface area contributed by atoms with Crippen LogP contribution in [0.25, 0.3) is 10.8 Å². The third-order valence-electron chi connectivity index (χ3n) is 2.60. The van der Waals surface area contributed by atoms with E-state index in [1.54, 1.807) is 6.07 Å². The Kier molecular flexibility index (Phi) is 2.68. The topological polar surface area (TPSA) is 60.2 Å². The molecular weight excluding hydrogens is 202 g/mol. The molecule has 0 saturated heterocycles. The largest absolute Gasteiger partial charge is 0.369 e. The van der Waals surface area contributed by atoms with Crippen LogP contribution in [0.1, 0.15) is 11.5 Å². The van der Waals surface area contributed by atoms with E-state index in [0.29, 0.717) is 11.8 Å². The Morgan fingerprint density at radius 3 is 2.50 bits per heavy atom. The second kappa shape index (κ2) is 4.14. The Hall–Kier alpha value is -2.16. The van der Waals surface area contributed by atoms with Gasteiger partial charge in [0, 0.05) is 0 Å². The summed E-state index contributed by atoms with van der Waals surface area (Å²) in [4.78, 5) is 22.1. The molecule has 0 aromatic heterocycles. The van der Waals surface area contributed by atoms with Gasteiger partial charge in [-0.05, 0) is 16.3 Å². The van der Waals surface area contributed by atoms with Gasteiger partial charge in [0.05, 0.1) is 0 Å². The molecule has 0 heterocycles. The highest BCUT2D eigenvalue weighted by Crippen LogP contribution is 2.24. The van der Waals surface area contributed by atoms with Crippen LogP contribution in [0.3, 0.4) is 0 Å². The van der Waals surface area contributed by atoms with E-state index < -0.39 is 11.8 Å². The average Bonchev–Trinajstić information content (AvgIpc) is 2.30. The van der Waals surface area contributed by atoms with Gasteiger partial charge in [-0.3, -0.25) is 4.79 Å². The van der Waals surface area contributed by atoms with Gasteiger partial charge in [-0.25, -0.2) is 0 Å². The molecule has 0 aliphatic rings. The van der Waals surface area contributed by atoms with Gasteiger partial charge in [0.15, 0.2) is 0 Å². The van der Waals surface area contributed by atoms with Crippen molar-refractivity contribution < 1.29 is 9.59 Å². The third kappa shape index (κ3) is 1.67. The van der Waals surface area contributed by atoms with Crippen molar-refractivity contribution in [1.29, 1.82) is 0 Å². The molecule has 1 unspecified atom stereocenters. The summed E-state index contributed by atoms with van der Waals surface area (Å²) in [6, 6.07) is 13.1. The number of benzene rings is 2. The normalized spacial score (nSPS) is 12.2. The molecule has 0 fully saturated rings. The zero-order valence-corrected chi connectivity index (χ0v) is 8.59. The van der Waals surface area contributed by atoms with Crippen molar-refractivity contribution in [1.82, 2.24) is 0 Å². The summed E-state index contributed by atoms with van der Waals surface area (Å²) < 4.78 is 0. The predicted octanol–water partition coefficient (Wildman–Crippen LogP) is 1.61. The van der Waals surface area contributed by atoms with Gasteiger partial charge in [0.1, 0.15) is 12.2 Å². The lowest BCUT2D eigenvalue weighted by atomic mass is 9.94. The maximum atomic E-state index is 11.2. The highest BCUT2D eigenvalue weighted by molar-refractivity contribution is 6.01. The van der Waals surface area contributed by atoms with Crippen LogP contribution in [0.4, 0.5) is 0 Å². The van der Waals surface area contributed by atoms with Gasteiger partial charge >= 0.3 is 0 Å². The smallest absolute Gasteiger partial charge is 0.232 e. The minimum atomic E-state index is -0.869. The standard InChI is InChI=1S/C13H11NO2/c14-13(16)12(8-15)11-7-3-5-9-4-1-2-6-10(9)11/h1-8,12H,(H2,14,16).